The Labute approximate surface area is 208 Å². The summed E-state index contributed by atoms with van der Waals surface area (Å²) in [5.41, 5.74) is 7.68. The molecule has 173 valence electrons. The van der Waals surface area contributed by atoms with E-state index in [1.165, 1.54) is 42.0 Å². The Morgan fingerprint density at radius 3 is 2.42 bits per heavy atom. The molecule has 0 amide bonds. The number of carbonyl (C=O) groups excluding carboxylic acids is 1. The second-order valence-electron chi connectivity index (χ2n) is 9.21. The smallest absolute Gasteiger partial charge is 0.155 e. The van der Waals surface area contributed by atoms with E-state index in [0.29, 0.717) is 5.92 Å². The first-order valence-corrected chi connectivity index (χ1v) is 10.9. The summed E-state index contributed by atoms with van der Waals surface area (Å²) in [6.07, 6.45) is 3.01. The third-order valence-corrected chi connectivity index (χ3v) is 6.03. The Morgan fingerprint density at radius 2 is 1.82 bits per heavy atom. The molecule has 33 heavy (non-hydrogen) atoms. The number of rotatable bonds is 2. The maximum atomic E-state index is 10.0. The molecule has 2 aromatic heterocycles. The fraction of sp³-hybridized carbons (Fsp3) is 0.286. The molecule has 2 aromatic carbocycles. The van der Waals surface area contributed by atoms with Gasteiger partial charge in [0.2, 0.25) is 0 Å². The van der Waals surface area contributed by atoms with Crippen molar-refractivity contribution in [3.05, 3.63) is 77.2 Å². The van der Waals surface area contributed by atoms with E-state index in [0.717, 1.165) is 27.8 Å². The Hall–Kier alpha value is -2.75. The predicted molar refractivity (Wildman–Crippen MR) is 129 cm³/mol. The Kier molecular flexibility index (Phi) is 6.97. The number of furan rings is 1. The van der Waals surface area contributed by atoms with E-state index in [9.17, 15) is 4.79 Å². The Balaban J connectivity index is 0.000000337. The van der Waals surface area contributed by atoms with E-state index < -0.39 is 0 Å². The molecular formula is C28H28IrNO3-. The van der Waals surface area contributed by atoms with Gasteiger partial charge in [-0.15, -0.1) is 34.9 Å². The van der Waals surface area contributed by atoms with E-state index in [2.05, 4.69) is 64.1 Å². The maximum absolute atomic E-state index is 10.0. The van der Waals surface area contributed by atoms with Gasteiger partial charge in [0.15, 0.2) is 5.78 Å². The molecule has 1 radical (unpaired) electrons. The molecule has 1 aliphatic carbocycles. The molecule has 0 fully saturated rings. The molecule has 5 heteroatoms. The van der Waals surface area contributed by atoms with Gasteiger partial charge in [0.25, 0.3) is 0 Å². The van der Waals surface area contributed by atoms with Crippen LogP contribution in [-0.2, 0) is 30.3 Å². The largest absolute Gasteiger partial charge is 0.512 e. The zero-order valence-corrected chi connectivity index (χ0v) is 22.1. The zero-order valence-electron chi connectivity index (χ0n) is 19.7. The number of aliphatic hydroxyl groups is 1. The van der Waals surface area contributed by atoms with Crippen molar-refractivity contribution in [2.45, 2.75) is 52.9 Å². The monoisotopic (exact) mass is 619 g/mol. The summed E-state index contributed by atoms with van der Waals surface area (Å²) in [6, 6.07) is 16.4. The summed E-state index contributed by atoms with van der Waals surface area (Å²) in [5, 5.41) is 10.7. The minimum absolute atomic E-state index is 0. The van der Waals surface area contributed by atoms with Gasteiger partial charge in [0.05, 0.1) is 5.76 Å². The number of hydrogen-bond acceptors (Lipinski definition) is 4. The van der Waals surface area contributed by atoms with E-state index >= 15 is 0 Å². The first-order valence-electron chi connectivity index (χ1n) is 10.9. The fourth-order valence-corrected chi connectivity index (χ4v) is 4.45. The van der Waals surface area contributed by atoms with Crippen molar-refractivity contribution in [1.29, 1.82) is 0 Å². The van der Waals surface area contributed by atoms with E-state index in [-0.39, 0.29) is 37.1 Å². The summed E-state index contributed by atoms with van der Waals surface area (Å²) >= 11 is 0. The van der Waals surface area contributed by atoms with E-state index in [1.807, 2.05) is 12.3 Å². The topological polar surface area (TPSA) is 63.3 Å². The molecule has 0 aliphatic heterocycles. The van der Waals surface area contributed by atoms with Gasteiger partial charge >= 0.3 is 0 Å². The zero-order chi connectivity index (χ0) is 23.2. The number of carbonyl (C=O) groups is 1. The van der Waals surface area contributed by atoms with Crippen LogP contribution >= 0.6 is 0 Å². The quantitative estimate of drug-likeness (QED) is 0.146. The number of aliphatic hydroxyl groups excluding tert-OH is 1. The third kappa shape index (κ3) is 4.40. The summed E-state index contributed by atoms with van der Waals surface area (Å²) in [6.45, 7) is 11.9. The van der Waals surface area contributed by atoms with Crippen LogP contribution < -0.4 is 0 Å². The standard InChI is InChI=1S/C23H20NO.C5H8O2.Ir/c1-13(2)14-8-9-15-17(12-14)23(3,4)16-6-5-7-18-20(16)21-19(25-18)10-11-24-22(15)21;1-4(6)3-5(2)7;/h5-8,10-13H,1-4H3;3,6H,1-2H3;/q-1;;/b;4-3-;. The number of allylic oxidation sites excluding steroid dienone is 2. The molecule has 4 nitrogen and oxygen atoms in total. The fourth-order valence-electron chi connectivity index (χ4n) is 4.45. The van der Waals surface area contributed by atoms with Gasteiger partial charge in [-0.25, -0.2) is 0 Å². The minimum Gasteiger partial charge on any atom is -0.512 e. The van der Waals surface area contributed by atoms with Crippen LogP contribution in [0.1, 0.15) is 64.2 Å². The van der Waals surface area contributed by atoms with Gasteiger partial charge in [0, 0.05) is 43.2 Å². The van der Waals surface area contributed by atoms with Crippen molar-refractivity contribution in [1.82, 2.24) is 4.98 Å². The number of fused-ring (bicyclic) bond motifs is 2. The van der Waals surface area contributed by atoms with Crippen molar-refractivity contribution < 1.29 is 34.4 Å². The second kappa shape index (κ2) is 9.24. The SMILES string of the molecule is CC(=O)/C=C(/C)O.CC(C)c1c[c-]c2c(c1)C(C)(C)c1cccc3oc4ccnc-2c4c13.[Ir]. The first-order chi connectivity index (χ1) is 15.1. The number of pyridine rings is 1. The molecule has 0 bridgehead atoms. The third-order valence-electron chi connectivity index (χ3n) is 6.03. The molecule has 4 aromatic rings. The van der Waals surface area contributed by atoms with Crippen molar-refractivity contribution in [2.75, 3.05) is 0 Å². The van der Waals surface area contributed by atoms with E-state index in [1.54, 1.807) is 0 Å². The number of hydrogen-bond donors (Lipinski definition) is 1. The number of ketones is 1. The summed E-state index contributed by atoms with van der Waals surface area (Å²) in [7, 11) is 0. The second-order valence-corrected chi connectivity index (χ2v) is 9.21. The molecule has 0 atom stereocenters. The van der Waals surface area contributed by atoms with Crippen LogP contribution in [0.2, 0.25) is 0 Å². The van der Waals surface area contributed by atoms with Crippen LogP contribution in [0.5, 0.6) is 0 Å². The molecule has 0 unspecified atom stereocenters. The molecule has 1 N–H and O–H groups in total. The van der Waals surface area contributed by atoms with Gasteiger partial charge in [0.1, 0.15) is 11.2 Å². The van der Waals surface area contributed by atoms with Gasteiger partial charge in [-0.05, 0) is 42.7 Å². The maximum Gasteiger partial charge on any atom is 0.155 e. The van der Waals surface area contributed by atoms with Gasteiger partial charge in [-0.1, -0.05) is 45.7 Å². The van der Waals surface area contributed by atoms with Gasteiger partial charge < -0.3 is 14.5 Å². The van der Waals surface area contributed by atoms with Gasteiger partial charge in [-0.2, -0.15) is 0 Å². The molecule has 0 saturated heterocycles. The van der Waals surface area contributed by atoms with Crippen LogP contribution in [0.4, 0.5) is 0 Å². The molecule has 0 spiro atoms. The van der Waals surface area contributed by atoms with Crippen LogP contribution in [0.15, 0.2) is 58.8 Å². The Morgan fingerprint density at radius 1 is 1.12 bits per heavy atom. The van der Waals surface area contributed by atoms with E-state index in [4.69, 9.17) is 14.5 Å². The van der Waals surface area contributed by atoms with Crippen LogP contribution in [-0.4, -0.2) is 15.9 Å². The summed E-state index contributed by atoms with van der Waals surface area (Å²) in [4.78, 5) is 14.8. The van der Waals surface area contributed by atoms with Crippen LogP contribution in [0, 0.1) is 6.07 Å². The molecule has 0 saturated carbocycles. The Bertz CT molecular complexity index is 1370. The predicted octanol–water partition coefficient (Wildman–Crippen LogP) is 7.25. The van der Waals surface area contributed by atoms with Crippen LogP contribution in [0.3, 0.4) is 0 Å². The van der Waals surface area contributed by atoms with Crippen molar-refractivity contribution in [3.8, 4) is 11.3 Å². The normalized spacial score (nSPS) is 13.8. The molecular weight excluding hydrogens is 591 g/mol. The van der Waals surface area contributed by atoms with Crippen molar-refractivity contribution in [2.24, 2.45) is 0 Å². The van der Waals surface area contributed by atoms with Crippen LogP contribution in [0.25, 0.3) is 33.2 Å². The summed E-state index contributed by atoms with van der Waals surface area (Å²) < 4.78 is 6.13. The van der Waals surface area contributed by atoms with Gasteiger partial charge in [-0.3, -0.25) is 4.79 Å². The first kappa shape index (κ1) is 24.9. The van der Waals surface area contributed by atoms with Crippen molar-refractivity contribution in [3.63, 3.8) is 0 Å². The van der Waals surface area contributed by atoms with Crippen molar-refractivity contribution >= 4 is 27.7 Å². The average Bonchev–Trinajstić information content (AvgIpc) is 3.07. The molecule has 5 rings (SSSR count). The average molecular weight is 619 g/mol. The number of benzene rings is 2. The molecule has 2 heterocycles. The number of nitrogens with zero attached hydrogens (tertiary/aromatic N) is 1. The summed E-state index contributed by atoms with van der Waals surface area (Å²) in [5.74, 6) is 0.411. The number of aromatic nitrogens is 1. The molecule has 1 aliphatic rings. The minimum atomic E-state index is -0.145.